The Bertz CT molecular complexity index is 490. The fourth-order valence-corrected chi connectivity index (χ4v) is 2.34. The van der Waals surface area contributed by atoms with Gasteiger partial charge in [0.1, 0.15) is 6.04 Å². The van der Waals surface area contributed by atoms with Crippen LogP contribution in [0, 0.1) is 0 Å². The summed E-state index contributed by atoms with van der Waals surface area (Å²) in [5.74, 6) is -0.409. The van der Waals surface area contributed by atoms with E-state index >= 15 is 0 Å². The zero-order chi connectivity index (χ0) is 18.3. The number of nitrogens with one attached hydrogen (secondary N) is 1. The molecule has 0 fully saturated rings. The zero-order valence-corrected chi connectivity index (χ0v) is 15.5. The summed E-state index contributed by atoms with van der Waals surface area (Å²) in [4.78, 5) is 24.3. The summed E-state index contributed by atoms with van der Waals surface area (Å²) in [6.45, 7) is 4.90. The number of ether oxygens (including phenoxy) is 2. The third kappa shape index (κ3) is 9.75. The van der Waals surface area contributed by atoms with E-state index in [1.807, 2.05) is 37.3 Å². The van der Waals surface area contributed by atoms with Crippen LogP contribution in [0.1, 0.15) is 57.9 Å². The van der Waals surface area contributed by atoms with Crippen molar-refractivity contribution in [3.8, 4) is 0 Å². The first-order chi connectivity index (χ1) is 12.2. The number of benzene rings is 1. The second kappa shape index (κ2) is 13.3. The van der Waals surface area contributed by atoms with Crippen LogP contribution in [-0.2, 0) is 20.7 Å². The second-order valence-corrected chi connectivity index (χ2v) is 6.10. The Morgan fingerprint density at radius 1 is 0.920 bits per heavy atom. The third-order valence-corrected chi connectivity index (χ3v) is 3.83. The number of rotatable bonds is 12. The van der Waals surface area contributed by atoms with Crippen LogP contribution in [-0.4, -0.2) is 31.3 Å². The standard InChI is InChI=1S/C20H31NO4/c1-3-5-7-11-15-24-19(22)18(16-17-12-9-8-10-13-17)21-20(23)25-14-6-4-2/h8-10,12-13,18H,3-7,11,14-16H2,1-2H3,(H,21,23)/t18-/m0/s1. The number of hydrogen-bond acceptors (Lipinski definition) is 4. The Morgan fingerprint density at radius 3 is 2.28 bits per heavy atom. The summed E-state index contributed by atoms with van der Waals surface area (Å²) >= 11 is 0. The molecule has 0 saturated carbocycles. The quantitative estimate of drug-likeness (QED) is 0.453. The van der Waals surface area contributed by atoms with Crippen LogP contribution in [0.5, 0.6) is 0 Å². The Morgan fingerprint density at radius 2 is 1.60 bits per heavy atom. The molecule has 5 nitrogen and oxygen atoms in total. The summed E-state index contributed by atoms with van der Waals surface area (Å²) in [6, 6.07) is 8.83. The van der Waals surface area contributed by atoms with E-state index in [0.717, 1.165) is 44.1 Å². The van der Waals surface area contributed by atoms with E-state index in [1.165, 1.54) is 0 Å². The number of esters is 1. The molecule has 5 heteroatoms. The lowest BCUT2D eigenvalue weighted by Crippen LogP contribution is -2.43. The van der Waals surface area contributed by atoms with Gasteiger partial charge in [-0.1, -0.05) is 69.9 Å². The molecule has 0 spiro atoms. The van der Waals surface area contributed by atoms with Crippen molar-refractivity contribution in [2.75, 3.05) is 13.2 Å². The molecule has 0 aromatic heterocycles. The fourth-order valence-electron chi connectivity index (χ4n) is 2.34. The van der Waals surface area contributed by atoms with Gasteiger partial charge in [-0.2, -0.15) is 0 Å². The molecule has 1 amide bonds. The second-order valence-electron chi connectivity index (χ2n) is 6.10. The van der Waals surface area contributed by atoms with Crippen molar-refractivity contribution in [2.24, 2.45) is 0 Å². The van der Waals surface area contributed by atoms with Crippen LogP contribution in [0.15, 0.2) is 30.3 Å². The minimum absolute atomic E-state index is 0.354. The van der Waals surface area contributed by atoms with Crippen molar-refractivity contribution in [1.29, 1.82) is 0 Å². The summed E-state index contributed by atoms with van der Waals surface area (Å²) in [5, 5.41) is 2.64. The zero-order valence-electron chi connectivity index (χ0n) is 15.5. The number of unbranched alkanes of at least 4 members (excludes halogenated alkanes) is 4. The van der Waals surface area contributed by atoms with Crippen molar-refractivity contribution >= 4 is 12.1 Å². The van der Waals surface area contributed by atoms with Gasteiger partial charge in [0.05, 0.1) is 13.2 Å². The van der Waals surface area contributed by atoms with E-state index in [9.17, 15) is 9.59 Å². The van der Waals surface area contributed by atoms with Crippen molar-refractivity contribution in [1.82, 2.24) is 5.32 Å². The van der Waals surface area contributed by atoms with Crippen LogP contribution in [0.25, 0.3) is 0 Å². The lowest BCUT2D eigenvalue weighted by Gasteiger charge is -2.18. The van der Waals surface area contributed by atoms with Crippen LogP contribution >= 0.6 is 0 Å². The van der Waals surface area contributed by atoms with E-state index < -0.39 is 18.1 Å². The van der Waals surface area contributed by atoms with Gasteiger partial charge in [0, 0.05) is 6.42 Å². The first kappa shape index (κ1) is 21.0. The largest absolute Gasteiger partial charge is 0.464 e. The van der Waals surface area contributed by atoms with Crippen molar-refractivity contribution in [3.05, 3.63) is 35.9 Å². The molecule has 0 aliphatic rings. The maximum Gasteiger partial charge on any atom is 0.407 e. The molecular formula is C20H31NO4. The molecule has 0 saturated heterocycles. The van der Waals surface area contributed by atoms with Crippen LogP contribution in [0.3, 0.4) is 0 Å². The van der Waals surface area contributed by atoms with Gasteiger partial charge in [0.2, 0.25) is 0 Å². The van der Waals surface area contributed by atoms with E-state index in [2.05, 4.69) is 12.2 Å². The summed E-state index contributed by atoms with van der Waals surface area (Å²) in [7, 11) is 0. The monoisotopic (exact) mass is 349 g/mol. The summed E-state index contributed by atoms with van der Waals surface area (Å²) < 4.78 is 10.4. The van der Waals surface area contributed by atoms with Gasteiger partial charge >= 0.3 is 12.1 Å². The fraction of sp³-hybridized carbons (Fsp3) is 0.600. The Kier molecular flexibility index (Phi) is 11.2. The predicted octanol–water partition coefficient (Wildman–Crippen LogP) is 4.25. The number of alkyl carbamates (subject to hydrolysis) is 1. The van der Waals surface area contributed by atoms with E-state index in [-0.39, 0.29) is 0 Å². The Hall–Kier alpha value is -2.04. The van der Waals surface area contributed by atoms with Gasteiger partial charge in [0.15, 0.2) is 0 Å². The van der Waals surface area contributed by atoms with Crippen molar-refractivity contribution in [2.45, 2.75) is 64.8 Å². The van der Waals surface area contributed by atoms with Crippen LogP contribution < -0.4 is 5.32 Å². The molecule has 1 N–H and O–H groups in total. The van der Waals surface area contributed by atoms with Gasteiger partial charge in [-0.05, 0) is 18.4 Å². The van der Waals surface area contributed by atoms with Gasteiger partial charge < -0.3 is 14.8 Å². The van der Waals surface area contributed by atoms with Crippen LogP contribution in [0.2, 0.25) is 0 Å². The minimum Gasteiger partial charge on any atom is -0.464 e. The first-order valence-corrected chi connectivity index (χ1v) is 9.31. The van der Waals surface area contributed by atoms with Gasteiger partial charge in [-0.3, -0.25) is 0 Å². The molecular weight excluding hydrogens is 318 g/mol. The highest BCUT2D eigenvalue weighted by molar-refractivity contribution is 5.81. The molecule has 1 aromatic rings. The van der Waals surface area contributed by atoms with Crippen molar-refractivity contribution < 1.29 is 19.1 Å². The van der Waals surface area contributed by atoms with Gasteiger partial charge in [-0.15, -0.1) is 0 Å². The maximum absolute atomic E-state index is 12.4. The molecule has 0 aliphatic heterocycles. The topological polar surface area (TPSA) is 64.6 Å². The average Bonchev–Trinajstić information content (AvgIpc) is 2.62. The highest BCUT2D eigenvalue weighted by atomic mass is 16.6. The average molecular weight is 349 g/mol. The lowest BCUT2D eigenvalue weighted by molar-refractivity contribution is -0.146. The molecule has 0 aliphatic carbocycles. The first-order valence-electron chi connectivity index (χ1n) is 9.31. The molecule has 0 heterocycles. The molecule has 140 valence electrons. The Balaban J connectivity index is 2.54. The number of carbonyl (C=O) groups excluding carboxylic acids is 2. The smallest absolute Gasteiger partial charge is 0.407 e. The lowest BCUT2D eigenvalue weighted by atomic mass is 10.1. The highest BCUT2D eigenvalue weighted by Gasteiger charge is 2.23. The van der Waals surface area contributed by atoms with Gasteiger partial charge in [0.25, 0.3) is 0 Å². The molecule has 0 radical (unpaired) electrons. The van der Waals surface area contributed by atoms with E-state index in [0.29, 0.717) is 19.6 Å². The van der Waals surface area contributed by atoms with Crippen molar-refractivity contribution in [3.63, 3.8) is 0 Å². The van der Waals surface area contributed by atoms with Gasteiger partial charge in [-0.25, -0.2) is 9.59 Å². The number of carbonyl (C=O) groups is 2. The molecule has 1 rings (SSSR count). The van der Waals surface area contributed by atoms with Crippen LogP contribution in [0.4, 0.5) is 4.79 Å². The SMILES string of the molecule is CCCCCCOC(=O)[C@H](Cc1ccccc1)NC(=O)OCCCC. The number of amides is 1. The maximum atomic E-state index is 12.4. The molecule has 1 aromatic carbocycles. The normalized spacial score (nSPS) is 11.6. The predicted molar refractivity (Wildman–Crippen MR) is 98.4 cm³/mol. The van der Waals surface area contributed by atoms with E-state index in [4.69, 9.17) is 9.47 Å². The summed E-state index contributed by atoms with van der Waals surface area (Å²) in [5.41, 5.74) is 0.962. The molecule has 1 atom stereocenters. The number of hydrogen-bond donors (Lipinski definition) is 1. The highest BCUT2D eigenvalue weighted by Crippen LogP contribution is 2.06. The summed E-state index contributed by atoms with van der Waals surface area (Å²) in [6.07, 6.45) is 5.72. The Labute approximate surface area is 151 Å². The molecule has 25 heavy (non-hydrogen) atoms. The third-order valence-electron chi connectivity index (χ3n) is 3.83. The molecule has 0 unspecified atom stereocenters. The van der Waals surface area contributed by atoms with E-state index in [1.54, 1.807) is 0 Å². The minimum atomic E-state index is -0.734. The molecule has 0 bridgehead atoms.